The Hall–Kier alpha value is -2.40. The Morgan fingerprint density at radius 2 is 1.73 bits per heavy atom. The van der Waals surface area contributed by atoms with Crippen molar-refractivity contribution in [1.29, 1.82) is 0 Å². The third kappa shape index (κ3) is 6.57. The highest BCUT2D eigenvalue weighted by Crippen LogP contribution is 2.24. The number of nitrogens with zero attached hydrogens (tertiary/aromatic N) is 3. The molecule has 0 saturated carbocycles. The standard InChI is InChI=1S/C20H20ClN5O3S2.C2H6/c21-15-5-7-16(8-6-15)22-18(27)13-30-20-23-19(24-25-20)14-3-9-17(10-4-14)31(28,29)26-11-1-2-12-26;1-2/h3-10H,1-2,11-13H2,(H,22,27)(H,23,24,25);1-2H3. The van der Waals surface area contributed by atoms with E-state index in [0.717, 1.165) is 12.8 Å². The molecular weight excluding hydrogens is 482 g/mol. The Bertz CT molecular complexity index is 1160. The lowest BCUT2D eigenvalue weighted by Gasteiger charge is -2.15. The fraction of sp³-hybridized carbons (Fsp3) is 0.318. The van der Waals surface area contributed by atoms with E-state index in [1.54, 1.807) is 48.5 Å². The van der Waals surface area contributed by atoms with E-state index in [0.29, 0.717) is 40.3 Å². The molecule has 2 N–H and O–H groups in total. The number of aromatic nitrogens is 3. The first-order valence-corrected chi connectivity index (χ1v) is 13.4. The van der Waals surface area contributed by atoms with E-state index in [1.165, 1.54) is 16.1 Å². The number of carbonyl (C=O) groups is 1. The molecule has 0 radical (unpaired) electrons. The van der Waals surface area contributed by atoms with Crippen molar-refractivity contribution >= 4 is 45.0 Å². The number of H-pyrrole nitrogens is 1. The molecule has 0 unspecified atom stereocenters. The van der Waals surface area contributed by atoms with E-state index in [9.17, 15) is 13.2 Å². The topological polar surface area (TPSA) is 108 Å². The van der Waals surface area contributed by atoms with Gasteiger partial charge in [0.2, 0.25) is 21.1 Å². The maximum atomic E-state index is 12.6. The Kier molecular flexibility index (Phi) is 8.90. The Balaban J connectivity index is 0.00000149. The zero-order valence-electron chi connectivity index (χ0n) is 18.4. The summed E-state index contributed by atoms with van der Waals surface area (Å²) >= 11 is 7.03. The van der Waals surface area contributed by atoms with Crippen LogP contribution in [0.4, 0.5) is 5.69 Å². The number of anilines is 1. The number of hydrogen-bond acceptors (Lipinski definition) is 6. The molecule has 0 bridgehead atoms. The van der Waals surface area contributed by atoms with Gasteiger partial charge in [-0.15, -0.1) is 5.10 Å². The lowest BCUT2D eigenvalue weighted by Crippen LogP contribution is -2.27. The van der Waals surface area contributed by atoms with Gasteiger partial charge in [-0.25, -0.2) is 13.4 Å². The molecule has 1 aliphatic rings. The predicted octanol–water partition coefficient (Wildman–Crippen LogP) is 4.67. The molecule has 1 aromatic heterocycles. The number of carbonyl (C=O) groups excluding carboxylic acids is 1. The van der Waals surface area contributed by atoms with E-state index in [1.807, 2.05) is 13.8 Å². The van der Waals surface area contributed by atoms with Gasteiger partial charge in [-0.3, -0.25) is 9.89 Å². The number of rotatable bonds is 7. The first-order chi connectivity index (χ1) is 15.9. The second kappa shape index (κ2) is 11.6. The van der Waals surface area contributed by atoms with Gasteiger partial charge in [-0.1, -0.05) is 37.2 Å². The molecule has 2 heterocycles. The van der Waals surface area contributed by atoms with Crippen molar-refractivity contribution in [2.75, 3.05) is 24.2 Å². The van der Waals surface area contributed by atoms with Crippen LogP contribution in [0.1, 0.15) is 26.7 Å². The zero-order valence-corrected chi connectivity index (χ0v) is 20.8. The van der Waals surface area contributed by atoms with Crippen molar-refractivity contribution in [3.05, 3.63) is 53.6 Å². The second-order valence-electron chi connectivity index (χ2n) is 6.95. The van der Waals surface area contributed by atoms with Crippen LogP contribution < -0.4 is 5.32 Å². The summed E-state index contributed by atoms with van der Waals surface area (Å²) in [5.41, 5.74) is 1.37. The number of amides is 1. The highest BCUT2D eigenvalue weighted by atomic mass is 35.5. The number of nitrogens with one attached hydrogen (secondary N) is 2. The van der Waals surface area contributed by atoms with Crippen molar-refractivity contribution < 1.29 is 13.2 Å². The second-order valence-corrected chi connectivity index (χ2v) is 10.3. The molecule has 0 aliphatic carbocycles. The Morgan fingerprint density at radius 3 is 2.36 bits per heavy atom. The number of thioether (sulfide) groups is 1. The molecule has 0 atom stereocenters. The molecule has 1 fully saturated rings. The summed E-state index contributed by atoms with van der Waals surface area (Å²) in [6, 6.07) is 13.4. The molecule has 33 heavy (non-hydrogen) atoms. The summed E-state index contributed by atoms with van der Waals surface area (Å²) < 4.78 is 26.8. The molecule has 1 saturated heterocycles. The van der Waals surface area contributed by atoms with Crippen LogP contribution >= 0.6 is 23.4 Å². The quantitative estimate of drug-likeness (QED) is 0.450. The first kappa shape index (κ1) is 25.2. The fourth-order valence-electron chi connectivity index (χ4n) is 3.16. The van der Waals surface area contributed by atoms with Crippen LogP contribution in [0, 0.1) is 0 Å². The average Bonchev–Trinajstić information content (AvgIpc) is 3.54. The van der Waals surface area contributed by atoms with Gasteiger partial charge in [0.15, 0.2) is 5.82 Å². The van der Waals surface area contributed by atoms with Gasteiger partial charge in [-0.05, 0) is 61.4 Å². The summed E-state index contributed by atoms with van der Waals surface area (Å²) in [5.74, 6) is 0.466. The van der Waals surface area contributed by atoms with Gasteiger partial charge in [0, 0.05) is 29.4 Å². The smallest absolute Gasteiger partial charge is 0.243 e. The number of hydrogen-bond donors (Lipinski definition) is 2. The van der Waals surface area contributed by atoms with Crippen molar-refractivity contribution in [2.45, 2.75) is 36.7 Å². The SMILES string of the molecule is CC.O=C(CSc1n[nH]c(-c2ccc(S(=O)(=O)N3CCCC3)cc2)n1)Nc1ccc(Cl)cc1. The lowest BCUT2D eigenvalue weighted by molar-refractivity contribution is -0.113. The van der Waals surface area contributed by atoms with E-state index in [2.05, 4.69) is 20.5 Å². The normalized spacial score (nSPS) is 13.9. The van der Waals surface area contributed by atoms with Crippen LogP contribution in [0.3, 0.4) is 0 Å². The Morgan fingerprint density at radius 1 is 1.09 bits per heavy atom. The van der Waals surface area contributed by atoms with Gasteiger partial charge in [0.25, 0.3) is 0 Å². The van der Waals surface area contributed by atoms with Crippen LogP contribution in [-0.4, -0.2) is 52.7 Å². The number of sulfonamides is 1. The van der Waals surface area contributed by atoms with Crippen LogP contribution in [0.25, 0.3) is 11.4 Å². The van der Waals surface area contributed by atoms with Crippen molar-refractivity contribution in [2.24, 2.45) is 0 Å². The van der Waals surface area contributed by atoms with Gasteiger partial charge >= 0.3 is 0 Å². The van der Waals surface area contributed by atoms with Gasteiger partial charge in [0.05, 0.1) is 10.6 Å². The molecule has 0 spiro atoms. The number of halogens is 1. The highest BCUT2D eigenvalue weighted by Gasteiger charge is 2.27. The molecular formula is C22H26ClN5O3S2. The minimum Gasteiger partial charge on any atom is -0.325 e. The molecule has 11 heteroatoms. The first-order valence-electron chi connectivity index (χ1n) is 10.6. The largest absolute Gasteiger partial charge is 0.325 e. The lowest BCUT2D eigenvalue weighted by atomic mass is 10.2. The maximum absolute atomic E-state index is 12.6. The molecule has 3 aromatic rings. The third-order valence-corrected chi connectivity index (χ3v) is 7.77. The van der Waals surface area contributed by atoms with E-state index in [4.69, 9.17) is 11.6 Å². The van der Waals surface area contributed by atoms with Crippen LogP contribution in [-0.2, 0) is 14.8 Å². The van der Waals surface area contributed by atoms with Crippen LogP contribution in [0.5, 0.6) is 0 Å². The van der Waals surface area contributed by atoms with Gasteiger partial charge in [0.1, 0.15) is 0 Å². The summed E-state index contributed by atoms with van der Waals surface area (Å²) in [7, 11) is -3.45. The van der Waals surface area contributed by atoms with E-state index in [-0.39, 0.29) is 16.6 Å². The summed E-state index contributed by atoms with van der Waals surface area (Å²) in [6.45, 7) is 5.14. The summed E-state index contributed by atoms with van der Waals surface area (Å²) in [5, 5.41) is 10.7. The Labute approximate surface area is 203 Å². The molecule has 1 amide bonds. The minimum atomic E-state index is -3.45. The molecule has 4 rings (SSSR count). The van der Waals surface area contributed by atoms with Crippen molar-refractivity contribution in [3.8, 4) is 11.4 Å². The summed E-state index contributed by atoms with van der Waals surface area (Å²) in [6.07, 6.45) is 1.79. The molecule has 2 aromatic carbocycles. The maximum Gasteiger partial charge on any atom is 0.243 e. The van der Waals surface area contributed by atoms with Gasteiger partial charge in [-0.2, -0.15) is 4.31 Å². The monoisotopic (exact) mass is 507 g/mol. The molecule has 8 nitrogen and oxygen atoms in total. The van der Waals surface area contributed by atoms with Crippen LogP contribution in [0.2, 0.25) is 5.02 Å². The van der Waals surface area contributed by atoms with Crippen molar-refractivity contribution in [3.63, 3.8) is 0 Å². The predicted molar refractivity (Wildman–Crippen MR) is 132 cm³/mol. The summed E-state index contributed by atoms with van der Waals surface area (Å²) in [4.78, 5) is 16.7. The van der Waals surface area contributed by atoms with E-state index >= 15 is 0 Å². The van der Waals surface area contributed by atoms with Crippen molar-refractivity contribution in [1.82, 2.24) is 19.5 Å². The van der Waals surface area contributed by atoms with E-state index < -0.39 is 10.0 Å². The average molecular weight is 508 g/mol. The third-order valence-electron chi connectivity index (χ3n) is 4.76. The number of benzene rings is 2. The highest BCUT2D eigenvalue weighted by molar-refractivity contribution is 7.99. The molecule has 1 aliphatic heterocycles. The minimum absolute atomic E-state index is 0.146. The zero-order chi connectivity index (χ0) is 23.8. The number of aromatic amines is 1. The fourth-order valence-corrected chi connectivity index (χ4v) is 5.40. The van der Waals surface area contributed by atoms with Crippen LogP contribution in [0.15, 0.2) is 58.6 Å². The van der Waals surface area contributed by atoms with Gasteiger partial charge < -0.3 is 5.32 Å². The molecule has 176 valence electrons.